The molecule has 5 nitrogen and oxygen atoms in total. The van der Waals surface area contributed by atoms with Crippen molar-refractivity contribution in [2.24, 2.45) is 0 Å². The van der Waals surface area contributed by atoms with Crippen LogP contribution in [0.4, 0.5) is 0 Å². The molecule has 0 radical (unpaired) electrons. The van der Waals surface area contributed by atoms with Gasteiger partial charge in [0.1, 0.15) is 5.69 Å². The van der Waals surface area contributed by atoms with Gasteiger partial charge in [-0.1, -0.05) is 11.6 Å². The molecule has 0 aliphatic rings. The highest BCUT2D eigenvalue weighted by Gasteiger charge is 2.12. The van der Waals surface area contributed by atoms with Gasteiger partial charge in [0.05, 0.1) is 6.54 Å². The molecule has 1 aromatic carbocycles. The Bertz CT molecular complexity index is 578. The average molecular weight is 283 g/mol. The van der Waals surface area contributed by atoms with E-state index < -0.39 is 6.29 Å². The van der Waals surface area contributed by atoms with E-state index in [4.69, 9.17) is 21.1 Å². The second-order valence-corrected chi connectivity index (χ2v) is 4.46. The van der Waals surface area contributed by atoms with Gasteiger partial charge in [-0.2, -0.15) is 0 Å². The van der Waals surface area contributed by atoms with Gasteiger partial charge in [0.2, 0.25) is 0 Å². The Hall–Kier alpha value is -1.56. The molecule has 0 saturated carbocycles. The molecule has 1 amide bonds. The Balaban J connectivity index is 2.09. The second-order valence-electron chi connectivity index (χ2n) is 4.03. The molecule has 1 heterocycles. The minimum Gasteiger partial charge on any atom is -0.354 e. The fourth-order valence-electron chi connectivity index (χ4n) is 1.76. The predicted molar refractivity (Wildman–Crippen MR) is 73.4 cm³/mol. The van der Waals surface area contributed by atoms with Crippen molar-refractivity contribution < 1.29 is 14.3 Å². The number of carbonyl (C=O) groups is 1. The maximum absolute atomic E-state index is 11.9. The number of fused-ring (bicyclic) bond motifs is 1. The van der Waals surface area contributed by atoms with E-state index in [1.54, 1.807) is 18.2 Å². The van der Waals surface area contributed by atoms with Crippen LogP contribution in [0.2, 0.25) is 5.02 Å². The van der Waals surface area contributed by atoms with Gasteiger partial charge in [-0.3, -0.25) is 4.79 Å². The van der Waals surface area contributed by atoms with Crippen LogP contribution in [-0.4, -0.2) is 37.9 Å². The van der Waals surface area contributed by atoms with Gasteiger partial charge < -0.3 is 19.8 Å². The number of amides is 1. The summed E-state index contributed by atoms with van der Waals surface area (Å²) < 4.78 is 9.99. The van der Waals surface area contributed by atoms with Crippen molar-refractivity contribution in [3.8, 4) is 0 Å². The van der Waals surface area contributed by atoms with E-state index >= 15 is 0 Å². The van der Waals surface area contributed by atoms with Crippen molar-refractivity contribution in [1.82, 2.24) is 10.3 Å². The van der Waals surface area contributed by atoms with Crippen LogP contribution < -0.4 is 5.32 Å². The largest absolute Gasteiger partial charge is 0.354 e. The first-order valence-corrected chi connectivity index (χ1v) is 6.14. The molecule has 19 heavy (non-hydrogen) atoms. The van der Waals surface area contributed by atoms with E-state index in [2.05, 4.69) is 10.3 Å². The van der Waals surface area contributed by atoms with E-state index in [-0.39, 0.29) is 12.5 Å². The van der Waals surface area contributed by atoms with E-state index in [0.29, 0.717) is 10.7 Å². The Morgan fingerprint density at radius 3 is 2.79 bits per heavy atom. The van der Waals surface area contributed by atoms with Crippen LogP contribution in [0.15, 0.2) is 24.3 Å². The quantitative estimate of drug-likeness (QED) is 0.826. The van der Waals surface area contributed by atoms with E-state index in [0.717, 1.165) is 10.9 Å². The number of H-pyrrole nitrogens is 1. The van der Waals surface area contributed by atoms with Crippen molar-refractivity contribution in [2.45, 2.75) is 6.29 Å². The van der Waals surface area contributed by atoms with Gasteiger partial charge in [0.15, 0.2) is 6.29 Å². The van der Waals surface area contributed by atoms with Crippen LogP contribution in [0.5, 0.6) is 0 Å². The van der Waals surface area contributed by atoms with Crippen LogP contribution in [0.1, 0.15) is 10.5 Å². The number of aromatic amines is 1. The second kappa shape index (κ2) is 6.06. The Morgan fingerprint density at radius 1 is 1.37 bits per heavy atom. The SMILES string of the molecule is COC(CNC(=O)c1cc2cc(Cl)ccc2[nH]1)OC. The number of halogens is 1. The molecular formula is C13H15ClN2O3. The maximum atomic E-state index is 11.9. The van der Waals surface area contributed by atoms with Crippen molar-refractivity contribution in [2.75, 3.05) is 20.8 Å². The van der Waals surface area contributed by atoms with Crippen LogP contribution >= 0.6 is 11.6 Å². The third kappa shape index (κ3) is 3.26. The first kappa shape index (κ1) is 13.9. The summed E-state index contributed by atoms with van der Waals surface area (Å²) in [5.74, 6) is -0.216. The summed E-state index contributed by atoms with van der Waals surface area (Å²) in [6.45, 7) is 0.280. The van der Waals surface area contributed by atoms with Crippen molar-refractivity contribution >= 4 is 28.4 Å². The fraction of sp³-hybridized carbons (Fsp3) is 0.308. The number of benzene rings is 1. The molecule has 0 atom stereocenters. The molecule has 2 aromatic rings. The number of methoxy groups -OCH3 is 2. The van der Waals surface area contributed by atoms with Crippen LogP contribution in [0, 0.1) is 0 Å². The first-order valence-electron chi connectivity index (χ1n) is 5.76. The molecule has 0 fully saturated rings. The molecule has 2 rings (SSSR count). The van der Waals surface area contributed by atoms with Crippen LogP contribution in [-0.2, 0) is 9.47 Å². The summed E-state index contributed by atoms with van der Waals surface area (Å²) in [7, 11) is 3.04. The Morgan fingerprint density at radius 2 is 2.11 bits per heavy atom. The zero-order valence-corrected chi connectivity index (χ0v) is 11.5. The average Bonchev–Trinajstić information content (AvgIpc) is 2.82. The zero-order valence-electron chi connectivity index (χ0n) is 10.7. The molecule has 6 heteroatoms. The van der Waals surface area contributed by atoms with E-state index in [9.17, 15) is 4.79 Å². The maximum Gasteiger partial charge on any atom is 0.267 e. The first-order chi connectivity index (χ1) is 9.13. The molecule has 0 saturated heterocycles. The van der Waals surface area contributed by atoms with Crippen LogP contribution in [0.3, 0.4) is 0 Å². The number of ether oxygens (including phenoxy) is 2. The minimum absolute atomic E-state index is 0.216. The molecule has 1 aromatic heterocycles. The number of hydrogen-bond acceptors (Lipinski definition) is 3. The van der Waals surface area contributed by atoms with Gasteiger partial charge >= 0.3 is 0 Å². The topological polar surface area (TPSA) is 63.3 Å². The molecule has 0 spiro atoms. The molecule has 0 aliphatic heterocycles. The van der Waals surface area contributed by atoms with Gasteiger partial charge in [-0.15, -0.1) is 0 Å². The lowest BCUT2D eigenvalue weighted by atomic mass is 10.2. The molecule has 2 N–H and O–H groups in total. The van der Waals surface area contributed by atoms with Gasteiger partial charge in [0, 0.05) is 30.1 Å². The lowest BCUT2D eigenvalue weighted by Crippen LogP contribution is -2.34. The number of nitrogens with one attached hydrogen (secondary N) is 2. The van der Waals surface area contributed by atoms with E-state index in [1.165, 1.54) is 14.2 Å². The molecule has 0 bridgehead atoms. The van der Waals surface area contributed by atoms with Gasteiger partial charge in [0.25, 0.3) is 5.91 Å². The van der Waals surface area contributed by atoms with E-state index in [1.807, 2.05) is 6.07 Å². The summed E-state index contributed by atoms with van der Waals surface area (Å²) in [6, 6.07) is 7.16. The third-order valence-corrected chi connectivity index (χ3v) is 3.02. The lowest BCUT2D eigenvalue weighted by Gasteiger charge is -2.13. The number of carbonyl (C=O) groups excluding carboxylic acids is 1. The number of rotatable bonds is 5. The zero-order chi connectivity index (χ0) is 13.8. The van der Waals surface area contributed by atoms with Crippen LogP contribution in [0.25, 0.3) is 10.9 Å². The highest BCUT2D eigenvalue weighted by molar-refractivity contribution is 6.31. The smallest absolute Gasteiger partial charge is 0.267 e. The third-order valence-electron chi connectivity index (χ3n) is 2.78. The minimum atomic E-state index is -0.456. The van der Waals surface area contributed by atoms with Gasteiger partial charge in [-0.25, -0.2) is 0 Å². The molecule has 0 unspecified atom stereocenters. The van der Waals surface area contributed by atoms with Gasteiger partial charge in [-0.05, 0) is 24.3 Å². The summed E-state index contributed by atoms with van der Waals surface area (Å²) >= 11 is 5.90. The lowest BCUT2D eigenvalue weighted by molar-refractivity contribution is -0.0974. The predicted octanol–water partition coefficient (Wildman–Crippen LogP) is 2.17. The highest BCUT2D eigenvalue weighted by Crippen LogP contribution is 2.19. The Labute approximate surface area is 115 Å². The number of aromatic nitrogens is 1. The standard InChI is InChI=1S/C13H15ClN2O3/c1-18-12(19-2)7-15-13(17)11-6-8-5-9(14)3-4-10(8)16-11/h3-6,12,16H,7H2,1-2H3,(H,15,17). The fourth-order valence-corrected chi connectivity index (χ4v) is 1.94. The normalized spacial score (nSPS) is 11.2. The Kier molecular flexibility index (Phi) is 4.42. The highest BCUT2D eigenvalue weighted by atomic mass is 35.5. The summed E-state index contributed by atoms with van der Waals surface area (Å²) in [5.41, 5.74) is 1.34. The monoisotopic (exact) mass is 282 g/mol. The summed E-state index contributed by atoms with van der Waals surface area (Å²) in [5, 5.41) is 4.26. The molecular weight excluding hydrogens is 268 g/mol. The van der Waals surface area contributed by atoms with Crippen molar-refractivity contribution in [3.05, 3.63) is 35.0 Å². The van der Waals surface area contributed by atoms with Crippen molar-refractivity contribution in [3.63, 3.8) is 0 Å². The van der Waals surface area contributed by atoms with Crippen molar-refractivity contribution in [1.29, 1.82) is 0 Å². The molecule has 102 valence electrons. The summed E-state index contributed by atoms with van der Waals surface area (Å²) in [4.78, 5) is 15.0. The summed E-state index contributed by atoms with van der Waals surface area (Å²) in [6.07, 6.45) is -0.456. The number of hydrogen-bond donors (Lipinski definition) is 2. The molecule has 0 aliphatic carbocycles.